The lowest BCUT2D eigenvalue weighted by Gasteiger charge is -2.03. The number of ether oxygens (including phenoxy) is 1. The Bertz CT molecular complexity index is 865. The first-order chi connectivity index (χ1) is 12.1. The van der Waals surface area contributed by atoms with E-state index in [-0.39, 0.29) is 0 Å². The van der Waals surface area contributed by atoms with Gasteiger partial charge in [-0.05, 0) is 42.0 Å². The van der Waals surface area contributed by atoms with E-state index in [0.29, 0.717) is 11.3 Å². The molecule has 3 aromatic rings. The number of hydrogen-bond acceptors (Lipinski definition) is 7. The summed E-state index contributed by atoms with van der Waals surface area (Å²) in [4.78, 5) is 11.2. The van der Waals surface area contributed by atoms with E-state index in [2.05, 4.69) is 15.5 Å². The molecule has 0 atom stereocenters. The fourth-order valence-electron chi connectivity index (χ4n) is 2.08. The van der Waals surface area contributed by atoms with Crippen molar-refractivity contribution in [1.29, 1.82) is 0 Å². The molecule has 6 nitrogen and oxygen atoms in total. The lowest BCUT2D eigenvalue weighted by atomic mass is 10.1. The maximum Gasteiger partial charge on any atom is 0.248 e. The first kappa shape index (κ1) is 17.2. The molecule has 0 aliphatic rings. The highest BCUT2D eigenvalue weighted by Gasteiger charge is 2.07. The smallest absolute Gasteiger partial charge is 0.248 e. The zero-order valence-electron chi connectivity index (χ0n) is 13.4. The molecule has 8 heteroatoms. The fraction of sp³-hybridized carbons (Fsp3) is 0.118. The predicted octanol–water partition coefficient (Wildman–Crippen LogP) is 3.68. The van der Waals surface area contributed by atoms with Crippen LogP contribution in [0.4, 0.5) is 10.8 Å². The lowest BCUT2D eigenvalue weighted by Crippen LogP contribution is -2.10. The van der Waals surface area contributed by atoms with Crippen LogP contribution in [0.3, 0.4) is 0 Å². The molecular weight excluding hydrogens is 356 g/mol. The molecule has 2 aromatic carbocycles. The Morgan fingerprint density at radius 2 is 2.04 bits per heavy atom. The average Bonchev–Trinajstić information content (AvgIpc) is 3.08. The van der Waals surface area contributed by atoms with E-state index in [1.807, 2.05) is 36.4 Å². The van der Waals surface area contributed by atoms with Crippen molar-refractivity contribution in [3.8, 4) is 5.75 Å². The van der Waals surface area contributed by atoms with Gasteiger partial charge in [0.2, 0.25) is 11.0 Å². The number of aromatic nitrogens is 2. The number of rotatable bonds is 7. The Labute approximate surface area is 153 Å². The van der Waals surface area contributed by atoms with Crippen LogP contribution in [-0.4, -0.2) is 23.2 Å². The maximum absolute atomic E-state index is 11.2. The second-order valence-corrected chi connectivity index (χ2v) is 7.28. The Morgan fingerprint density at radius 1 is 1.24 bits per heavy atom. The summed E-state index contributed by atoms with van der Waals surface area (Å²) >= 11 is 3.04. The van der Waals surface area contributed by atoms with Crippen molar-refractivity contribution in [2.75, 3.05) is 12.4 Å². The number of anilines is 2. The molecule has 25 heavy (non-hydrogen) atoms. The number of amides is 1. The normalized spacial score (nSPS) is 10.4. The van der Waals surface area contributed by atoms with Crippen LogP contribution in [0.15, 0.2) is 52.9 Å². The number of thioether (sulfide) groups is 1. The van der Waals surface area contributed by atoms with Crippen molar-refractivity contribution < 1.29 is 9.53 Å². The molecule has 128 valence electrons. The van der Waals surface area contributed by atoms with Crippen LogP contribution in [0, 0.1) is 0 Å². The van der Waals surface area contributed by atoms with Crippen LogP contribution < -0.4 is 15.8 Å². The minimum absolute atomic E-state index is 0.422. The van der Waals surface area contributed by atoms with Gasteiger partial charge in [0.1, 0.15) is 5.75 Å². The van der Waals surface area contributed by atoms with Gasteiger partial charge in [0, 0.05) is 17.0 Å². The second kappa shape index (κ2) is 8.00. The molecule has 3 rings (SSSR count). The SMILES string of the molecule is COc1ccc(Nc2nnc(SCc3cccc(C(N)=O)c3)s2)cc1. The number of methoxy groups -OCH3 is 1. The third kappa shape index (κ3) is 4.71. The third-order valence-electron chi connectivity index (χ3n) is 3.32. The van der Waals surface area contributed by atoms with Crippen LogP contribution in [0.5, 0.6) is 5.75 Å². The molecule has 0 aliphatic carbocycles. The molecule has 0 fully saturated rings. The molecule has 0 saturated heterocycles. The van der Waals surface area contributed by atoms with E-state index in [4.69, 9.17) is 10.5 Å². The van der Waals surface area contributed by atoms with Crippen LogP contribution in [-0.2, 0) is 5.75 Å². The molecule has 3 N–H and O–H groups in total. The summed E-state index contributed by atoms with van der Waals surface area (Å²) in [6, 6.07) is 14.9. The minimum Gasteiger partial charge on any atom is -0.497 e. The number of benzene rings is 2. The van der Waals surface area contributed by atoms with Crippen molar-refractivity contribution in [1.82, 2.24) is 10.2 Å². The summed E-state index contributed by atoms with van der Waals surface area (Å²) in [6.07, 6.45) is 0. The van der Waals surface area contributed by atoms with Crippen molar-refractivity contribution in [3.05, 3.63) is 59.7 Å². The van der Waals surface area contributed by atoms with E-state index < -0.39 is 5.91 Å². The highest BCUT2D eigenvalue weighted by atomic mass is 32.2. The number of carbonyl (C=O) groups is 1. The van der Waals surface area contributed by atoms with Gasteiger partial charge in [0.25, 0.3) is 0 Å². The van der Waals surface area contributed by atoms with Crippen LogP contribution >= 0.6 is 23.1 Å². The van der Waals surface area contributed by atoms with Gasteiger partial charge in [0.05, 0.1) is 7.11 Å². The molecular formula is C17H16N4O2S2. The number of carbonyl (C=O) groups excluding carboxylic acids is 1. The van der Waals surface area contributed by atoms with Gasteiger partial charge in [-0.2, -0.15) is 0 Å². The number of nitrogens with zero attached hydrogens (tertiary/aromatic N) is 2. The Morgan fingerprint density at radius 3 is 2.76 bits per heavy atom. The lowest BCUT2D eigenvalue weighted by molar-refractivity contribution is 0.1000. The van der Waals surface area contributed by atoms with E-state index in [1.165, 1.54) is 11.3 Å². The van der Waals surface area contributed by atoms with Crippen molar-refractivity contribution in [3.63, 3.8) is 0 Å². The van der Waals surface area contributed by atoms with Crippen molar-refractivity contribution in [2.24, 2.45) is 5.73 Å². The van der Waals surface area contributed by atoms with Crippen molar-refractivity contribution >= 4 is 39.8 Å². The van der Waals surface area contributed by atoms with E-state index in [0.717, 1.165) is 26.5 Å². The van der Waals surface area contributed by atoms with Gasteiger partial charge in [-0.3, -0.25) is 4.79 Å². The van der Waals surface area contributed by atoms with Gasteiger partial charge >= 0.3 is 0 Å². The zero-order chi connectivity index (χ0) is 17.6. The van der Waals surface area contributed by atoms with Crippen LogP contribution in [0.1, 0.15) is 15.9 Å². The topological polar surface area (TPSA) is 90.1 Å². The minimum atomic E-state index is -0.422. The molecule has 0 spiro atoms. The Balaban J connectivity index is 1.59. The number of nitrogens with two attached hydrogens (primary N) is 1. The summed E-state index contributed by atoms with van der Waals surface area (Å²) in [5.74, 6) is 1.07. The molecule has 0 aliphatic heterocycles. The van der Waals surface area contributed by atoms with Gasteiger partial charge in [-0.25, -0.2) is 0 Å². The number of nitrogens with one attached hydrogen (secondary N) is 1. The summed E-state index contributed by atoms with van der Waals surface area (Å²) in [7, 11) is 1.63. The van der Waals surface area contributed by atoms with Crippen LogP contribution in [0.2, 0.25) is 0 Å². The summed E-state index contributed by atoms with van der Waals surface area (Å²) in [6.45, 7) is 0. The first-order valence-electron chi connectivity index (χ1n) is 7.40. The second-order valence-electron chi connectivity index (χ2n) is 5.08. The zero-order valence-corrected chi connectivity index (χ0v) is 15.1. The molecule has 1 amide bonds. The summed E-state index contributed by atoms with van der Waals surface area (Å²) < 4.78 is 5.98. The molecule has 0 saturated carbocycles. The van der Waals surface area contributed by atoms with Crippen molar-refractivity contribution in [2.45, 2.75) is 10.1 Å². The molecule has 0 radical (unpaired) electrons. The largest absolute Gasteiger partial charge is 0.497 e. The first-order valence-corrected chi connectivity index (χ1v) is 9.20. The Hall–Kier alpha value is -2.58. The van der Waals surface area contributed by atoms with Crippen LogP contribution in [0.25, 0.3) is 0 Å². The molecule has 0 unspecified atom stereocenters. The van der Waals surface area contributed by atoms with Gasteiger partial charge in [-0.1, -0.05) is 35.2 Å². The van der Waals surface area contributed by atoms with E-state index in [1.54, 1.807) is 31.0 Å². The fourth-order valence-corrected chi connectivity index (χ4v) is 3.79. The quantitative estimate of drug-likeness (QED) is 0.615. The third-order valence-corrected chi connectivity index (χ3v) is 5.36. The number of primary amides is 1. The highest BCUT2D eigenvalue weighted by molar-refractivity contribution is 8.00. The van der Waals surface area contributed by atoms with Gasteiger partial charge < -0.3 is 15.8 Å². The van der Waals surface area contributed by atoms with E-state index in [9.17, 15) is 4.79 Å². The average molecular weight is 372 g/mol. The van der Waals surface area contributed by atoms with Gasteiger partial charge in [0.15, 0.2) is 4.34 Å². The summed E-state index contributed by atoms with van der Waals surface area (Å²) in [5.41, 5.74) is 7.75. The maximum atomic E-state index is 11.2. The molecule has 1 aromatic heterocycles. The van der Waals surface area contributed by atoms with E-state index >= 15 is 0 Å². The Kier molecular flexibility index (Phi) is 5.52. The predicted molar refractivity (Wildman–Crippen MR) is 101 cm³/mol. The molecule has 0 bridgehead atoms. The summed E-state index contributed by atoms with van der Waals surface area (Å²) in [5, 5.41) is 12.2. The highest BCUT2D eigenvalue weighted by Crippen LogP contribution is 2.30. The monoisotopic (exact) mass is 372 g/mol. The van der Waals surface area contributed by atoms with Gasteiger partial charge in [-0.15, -0.1) is 10.2 Å². The molecule has 1 heterocycles. The number of hydrogen-bond donors (Lipinski definition) is 2. The standard InChI is InChI=1S/C17H16N4O2S2/c1-23-14-7-5-13(6-8-14)19-16-20-21-17(25-16)24-10-11-3-2-4-12(9-11)15(18)22/h2-9H,10H2,1H3,(H2,18,22)(H,19,20).